The number of carboxylic acids is 1. The number of aromatic nitrogens is 1. The van der Waals surface area contributed by atoms with Crippen molar-refractivity contribution in [2.24, 2.45) is 0 Å². The highest BCUT2D eigenvalue weighted by atomic mass is 32.1. The second-order valence-electron chi connectivity index (χ2n) is 5.99. The van der Waals surface area contributed by atoms with E-state index in [0.29, 0.717) is 27.9 Å². The fraction of sp³-hybridized carbons (Fsp3) is 0.211. The van der Waals surface area contributed by atoms with Crippen LogP contribution in [0.4, 0.5) is 0 Å². The molecule has 7 nitrogen and oxygen atoms in total. The van der Waals surface area contributed by atoms with E-state index >= 15 is 0 Å². The normalized spacial score (nSPS) is 17.0. The number of furan rings is 1. The van der Waals surface area contributed by atoms with E-state index in [4.69, 9.17) is 9.15 Å². The van der Waals surface area contributed by atoms with E-state index in [-0.39, 0.29) is 19.1 Å². The van der Waals surface area contributed by atoms with Gasteiger partial charge in [0.25, 0.3) is 5.91 Å². The Hall–Kier alpha value is -2.97. The molecule has 4 rings (SSSR count). The number of hydrogen-bond donors (Lipinski definition) is 1. The van der Waals surface area contributed by atoms with Crippen molar-refractivity contribution in [1.82, 2.24) is 9.88 Å². The van der Waals surface area contributed by atoms with Crippen molar-refractivity contribution in [3.8, 4) is 22.0 Å². The van der Waals surface area contributed by atoms with Crippen molar-refractivity contribution < 1.29 is 23.8 Å². The van der Waals surface area contributed by atoms with Crippen molar-refractivity contribution in [2.45, 2.75) is 6.10 Å². The lowest BCUT2D eigenvalue weighted by Crippen LogP contribution is -2.48. The standard InChI is InChI=1S/C19H16N2O5S/c22-18(21-8-10-26-14(11-21)19(23)24)16-15(12-5-2-1-3-6-12)20-17(27-16)13-7-4-9-25-13/h1-7,9,14H,8,10-11H2,(H,23,24)/t14-/m1/s1. The molecule has 1 N–H and O–H groups in total. The summed E-state index contributed by atoms with van der Waals surface area (Å²) in [6.07, 6.45) is 0.542. The number of nitrogens with zero attached hydrogens (tertiary/aromatic N) is 2. The van der Waals surface area contributed by atoms with Crippen LogP contribution in [0.25, 0.3) is 22.0 Å². The Morgan fingerprint density at radius 3 is 2.70 bits per heavy atom. The zero-order valence-corrected chi connectivity index (χ0v) is 15.0. The lowest BCUT2D eigenvalue weighted by molar-refractivity contribution is -0.154. The van der Waals surface area contributed by atoms with Gasteiger partial charge in [-0.1, -0.05) is 30.3 Å². The summed E-state index contributed by atoms with van der Waals surface area (Å²) in [5.74, 6) is -0.739. The van der Waals surface area contributed by atoms with Crippen LogP contribution in [0.5, 0.6) is 0 Å². The van der Waals surface area contributed by atoms with E-state index in [9.17, 15) is 14.7 Å². The van der Waals surface area contributed by atoms with Crippen LogP contribution >= 0.6 is 11.3 Å². The van der Waals surface area contributed by atoms with Crippen molar-refractivity contribution >= 4 is 23.2 Å². The first-order valence-corrected chi connectivity index (χ1v) is 9.19. The van der Waals surface area contributed by atoms with Crippen LogP contribution in [0.15, 0.2) is 53.1 Å². The summed E-state index contributed by atoms with van der Waals surface area (Å²) >= 11 is 1.24. The van der Waals surface area contributed by atoms with Gasteiger partial charge in [0.1, 0.15) is 4.88 Å². The van der Waals surface area contributed by atoms with E-state index in [1.807, 2.05) is 30.3 Å². The SMILES string of the molecule is O=C(O)[C@H]1CN(C(=O)c2sc(-c3ccco3)nc2-c2ccccc2)CCO1. The molecule has 1 saturated heterocycles. The largest absolute Gasteiger partial charge is 0.479 e. The zero-order chi connectivity index (χ0) is 18.8. The van der Waals surface area contributed by atoms with Gasteiger partial charge < -0.3 is 19.2 Å². The molecule has 0 unspecified atom stereocenters. The minimum absolute atomic E-state index is 0.0103. The van der Waals surface area contributed by atoms with E-state index < -0.39 is 12.1 Å². The number of amides is 1. The molecule has 0 aliphatic carbocycles. The average molecular weight is 384 g/mol. The molecular weight excluding hydrogens is 368 g/mol. The Morgan fingerprint density at radius 2 is 2.00 bits per heavy atom. The number of hydrogen-bond acceptors (Lipinski definition) is 6. The maximum absolute atomic E-state index is 13.2. The first-order chi connectivity index (χ1) is 13.1. The molecule has 2 aromatic heterocycles. The molecule has 1 aliphatic heterocycles. The highest BCUT2D eigenvalue weighted by Gasteiger charge is 2.32. The van der Waals surface area contributed by atoms with Crippen molar-refractivity contribution in [3.63, 3.8) is 0 Å². The van der Waals surface area contributed by atoms with Crippen LogP contribution in [-0.2, 0) is 9.53 Å². The number of rotatable bonds is 4. The van der Waals surface area contributed by atoms with E-state index in [2.05, 4.69) is 4.98 Å². The summed E-state index contributed by atoms with van der Waals surface area (Å²) in [6, 6.07) is 13.0. The number of benzene rings is 1. The van der Waals surface area contributed by atoms with Crippen LogP contribution in [-0.4, -0.2) is 52.7 Å². The highest BCUT2D eigenvalue weighted by Crippen LogP contribution is 2.35. The van der Waals surface area contributed by atoms with Crippen LogP contribution in [0, 0.1) is 0 Å². The molecule has 0 saturated carbocycles. The molecule has 3 heterocycles. The Bertz CT molecular complexity index is 952. The smallest absolute Gasteiger partial charge is 0.334 e. The second-order valence-corrected chi connectivity index (χ2v) is 6.99. The van der Waals surface area contributed by atoms with Crippen molar-refractivity contribution in [2.75, 3.05) is 19.7 Å². The summed E-state index contributed by atoms with van der Waals surface area (Å²) in [6.45, 7) is 0.536. The van der Waals surface area contributed by atoms with Gasteiger partial charge in [0, 0.05) is 12.1 Å². The van der Waals surface area contributed by atoms with Crippen molar-refractivity contribution in [3.05, 3.63) is 53.6 Å². The lowest BCUT2D eigenvalue weighted by Gasteiger charge is -2.30. The number of morpholine rings is 1. The second kappa shape index (κ2) is 7.34. The number of aliphatic carboxylic acids is 1. The minimum Gasteiger partial charge on any atom is -0.479 e. The molecule has 0 bridgehead atoms. The van der Waals surface area contributed by atoms with Crippen LogP contribution in [0.2, 0.25) is 0 Å². The molecule has 1 aromatic carbocycles. The average Bonchev–Trinajstić information content (AvgIpc) is 3.38. The van der Waals surface area contributed by atoms with Gasteiger partial charge in [0.15, 0.2) is 16.9 Å². The van der Waals surface area contributed by atoms with Gasteiger partial charge in [-0.2, -0.15) is 0 Å². The van der Waals surface area contributed by atoms with E-state index in [0.717, 1.165) is 5.56 Å². The minimum atomic E-state index is -1.07. The van der Waals surface area contributed by atoms with Crippen LogP contribution in [0.1, 0.15) is 9.67 Å². The predicted molar refractivity (Wildman–Crippen MR) is 98.5 cm³/mol. The lowest BCUT2D eigenvalue weighted by atomic mass is 10.1. The molecule has 27 heavy (non-hydrogen) atoms. The highest BCUT2D eigenvalue weighted by molar-refractivity contribution is 7.17. The van der Waals surface area contributed by atoms with Gasteiger partial charge in [0.05, 0.1) is 25.1 Å². The Kier molecular flexibility index (Phi) is 4.74. The molecular formula is C19H16N2O5S. The molecule has 3 aromatic rings. The van der Waals surface area contributed by atoms with Crippen LogP contribution < -0.4 is 0 Å². The number of carboxylic acid groups (broad SMARTS) is 1. The third kappa shape index (κ3) is 3.49. The third-order valence-corrected chi connectivity index (χ3v) is 5.29. The molecule has 1 atom stereocenters. The predicted octanol–water partition coefficient (Wildman–Crippen LogP) is 3.00. The van der Waals surface area contributed by atoms with Gasteiger partial charge in [-0.3, -0.25) is 4.79 Å². The Labute approximate surface area is 158 Å². The van der Waals surface area contributed by atoms with Gasteiger partial charge in [-0.05, 0) is 12.1 Å². The molecule has 8 heteroatoms. The van der Waals surface area contributed by atoms with E-state index in [1.54, 1.807) is 18.4 Å². The number of ether oxygens (including phenoxy) is 1. The first-order valence-electron chi connectivity index (χ1n) is 8.37. The number of carbonyl (C=O) groups is 2. The topological polar surface area (TPSA) is 92.9 Å². The molecule has 1 aliphatic rings. The maximum atomic E-state index is 13.2. The van der Waals surface area contributed by atoms with Gasteiger partial charge in [-0.25, -0.2) is 9.78 Å². The molecule has 138 valence electrons. The molecule has 1 fully saturated rings. The molecule has 0 spiro atoms. The zero-order valence-electron chi connectivity index (χ0n) is 14.2. The Balaban J connectivity index is 1.72. The fourth-order valence-corrected chi connectivity index (χ4v) is 3.91. The summed E-state index contributed by atoms with van der Waals surface area (Å²) < 4.78 is 10.6. The van der Waals surface area contributed by atoms with Gasteiger partial charge in [-0.15, -0.1) is 11.3 Å². The maximum Gasteiger partial charge on any atom is 0.334 e. The summed E-state index contributed by atoms with van der Waals surface area (Å²) in [5, 5.41) is 9.79. The van der Waals surface area contributed by atoms with Crippen LogP contribution in [0.3, 0.4) is 0 Å². The van der Waals surface area contributed by atoms with E-state index in [1.165, 1.54) is 16.2 Å². The summed E-state index contributed by atoms with van der Waals surface area (Å²) in [5.41, 5.74) is 1.38. The summed E-state index contributed by atoms with van der Waals surface area (Å²) in [4.78, 5) is 31.0. The van der Waals surface area contributed by atoms with Crippen molar-refractivity contribution in [1.29, 1.82) is 0 Å². The fourth-order valence-electron chi connectivity index (χ4n) is 2.89. The number of thiazole rings is 1. The quantitative estimate of drug-likeness (QED) is 0.743. The Morgan fingerprint density at radius 1 is 1.19 bits per heavy atom. The molecule has 0 radical (unpaired) electrons. The number of carbonyl (C=O) groups excluding carboxylic acids is 1. The third-order valence-electron chi connectivity index (χ3n) is 4.23. The monoisotopic (exact) mass is 384 g/mol. The molecule has 1 amide bonds. The summed E-state index contributed by atoms with van der Waals surface area (Å²) in [7, 11) is 0. The van der Waals surface area contributed by atoms with Gasteiger partial charge in [0.2, 0.25) is 0 Å². The van der Waals surface area contributed by atoms with Gasteiger partial charge >= 0.3 is 5.97 Å². The first kappa shape index (κ1) is 17.4.